The maximum Gasteiger partial charge on any atom is 0.302 e. The first kappa shape index (κ1) is 25.5. The molecule has 2 aromatic carbocycles. The Kier molecular flexibility index (Phi) is 11.6. The molecule has 0 saturated carbocycles. The minimum absolute atomic E-state index is 0. The summed E-state index contributed by atoms with van der Waals surface area (Å²) >= 11 is 0. The Balaban J connectivity index is 0.000000851. The molecule has 0 amide bonds. The molecule has 0 aliphatic heterocycles. The number of nitrogens with one attached hydrogen (secondary N) is 1. The third-order valence-corrected chi connectivity index (χ3v) is 3.53. The molecule has 0 unspecified atom stereocenters. The van der Waals surface area contributed by atoms with E-state index in [2.05, 4.69) is 20.3 Å². The summed E-state index contributed by atoms with van der Waals surface area (Å²) in [5, 5.41) is 5.00. The Bertz CT molecular complexity index is 1080. The minimum Gasteiger partial charge on any atom is -0.658 e. The normalized spacial score (nSPS) is 9.20. The van der Waals surface area contributed by atoms with Crippen LogP contribution in [0.15, 0.2) is 77.9 Å². The van der Waals surface area contributed by atoms with E-state index >= 15 is 0 Å². The summed E-state index contributed by atoms with van der Waals surface area (Å²) < 4.78 is 5.69. The van der Waals surface area contributed by atoms with E-state index < -0.39 is 0 Å². The number of hydrogen-bond donors (Lipinski definition) is 1. The molecule has 7 heteroatoms. The van der Waals surface area contributed by atoms with Crippen LogP contribution in [-0.2, 0) is 32.7 Å². The number of ether oxygens (including phenoxy) is 1. The Morgan fingerprint density at radius 2 is 1.60 bits per heavy atom. The first-order chi connectivity index (χ1) is 14.3. The van der Waals surface area contributed by atoms with Crippen LogP contribution in [0.3, 0.4) is 0 Å². The monoisotopic (exact) mass is 478 g/mol. The molecule has 4 aromatic rings. The van der Waals surface area contributed by atoms with Gasteiger partial charge in [-0.3, -0.25) is 14.8 Å². The van der Waals surface area contributed by atoms with E-state index in [0.717, 1.165) is 11.4 Å². The van der Waals surface area contributed by atoms with Gasteiger partial charge >= 0.3 is 6.01 Å². The van der Waals surface area contributed by atoms with Gasteiger partial charge in [-0.15, -0.1) is 11.4 Å². The summed E-state index contributed by atoms with van der Waals surface area (Å²) in [6, 6.07) is 18.6. The smallest absolute Gasteiger partial charge is 0.302 e. The fourth-order valence-corrected chi connectivity index (χ4v) is 2.40. The van der Waals surface area contributed by atoms with Gasteiger partial charge in [-0.1, -0.05) is 70.2 Å². The number of aromatic nitrogens is 3. The van der Waals surface area contributed by atoms with Gasteiger partial charge in [0.1, 0.15) is 5.75 Å². The van der Waals surface area contributed by atoms with Crippen molar-refractivity contribution in [3.8, 4) is 11.8 Å². The molecule has 2 aromatic heterocycles. The number of benzene rings is 2. The molecule has 2 heterocycles. The molecule has 0 bridgehead atoms. The SMILES string of the molecule is CC.CC.O=c1[nH]c(Oc2cccc([N-]c3ccccc3)c2)nc2cnccc12.[Y]. The zero-order valence-electron chi connectivity index (χ0n) is 17.7. The van der Waals surface area contributed by atoms with E-state index in [1.807, 2.05) is 70.2 Å². The topological polar surface area (TPSA) is 82.0 Å². The Labute approximate surface area is 202 Å². The number of H-pyrrole nitrogens is 1. The summed E-state index contributed by atoms with van der Waals surface area (Å²) in [5.41, 5.74) is 1.80. The fourth-order valence-electron chi connectivity index (χ4n) is 2.40. The van der Waals surface area contributed by atoms with E-state index in [4.69, 9.17) is 4.74 Å². The van der Waals surface area contributed by atoms with Crippen molar-refractivity contribution in [3.05, 3.63) is 88.7 Å². The van der Waals surface area contributed by atoms with E-state index in [1.54, 1.807) is 24.4 Å². The van der Waals surface area contributed by atoms with E-state index in [-0.39, 0.29) is 44.3 Å². The second-order valence-electron chi connectivity index (χ2n) is 5.31. The van der Waals surface area contributed by atoms with Crippen LogP contribution in [0.2, 0.25) is 0 Å². The molecule has 153 valence electrons. The van der Waals surface area contributed by atoms with Gasteiger partial charge < -0.3 is 10.1 Å². The van der Waals surface area contributed by atoms with E-state index in [1.165, 1.54) is 6.20 Å². The first-order valence-corrected chi connectivity index (χ1v) is 9.67. The Morgan fingerprint density at radius 1 is 0.900 bits per heavy atom. The maximum atomic E-state index is 12.1. The summed E-state index contributed by atoms with van der Waals surface area (Å²) in [6.45, 7) is 8.00. The zero-order chi connectivity index (χ0) is 21.1. The van der Waals surface area contributed by atoms with Crippen molar-refractivity contribution in [3.63, 3.8) is 0 Å². The average Bonchev–Trinajstić information content (AvgIpc) is 2.78. The molecule has 0 fully saturated rings. The standard InChI is InChI=1S/C19H13N4O2.2C2H6.Y/c24-18-16-9-10-20-12-17(16)22-19(23-18)25-15-8-4-7-14(11-15)21-13-5-2-1-3-6-13;2*1-2;/h1-12H,(H,22,23,24);2*1-2H3;/q-1;;;. The summed E-state index contributed by atoms with van der Waals surface area (Å²) in [7, 11) is 0. The van der Waals surface area contributed by atoms with Gasteiger partial charge in [0, 0.05) is 38.9 Å². The Hall–Kier alpha value is -2.57. The third-order valence-electron chi connectivity index (χ3n) is 3.53. The van der Waals surface area contributed by atoms with Crippen LogP contribution >= 0.6 is 0 Å². The van der Waals surface area contributed by atoms with Crippen LogP contribution in [0.1, 0.15) is 27.7 Å². The number of pyridine rings is 1. The minimum atomic E-state index is -0.271. The van der Waals surface area contributed by atoms with Crippen molar-refractivity contribution >= 4 is 22.3 Å². The van der Waals surface area contributed by atoms with Gasteiger partial charge in [-0.05, 0) is 18.2 Å². The number of hydrogen-bond acceptors (Lipinski definition) is 4. The predicted octanol–water partition coefficient (Wildman–Crippen LogP) is 6.50. The number of para-hydroxylation sites is 1. The van der Waals surface area contributed by atoms with Gasteiger partial charge in [0.05, 0.1) is 17.1 Å². The second-order valence-corrected chi connectivity index (χ2v) is 5.31. The zero-order valence-corrected chi connectivity index (χ0v) is 20.5. The van der Waals surface area contributed by atoms with Crippen molar-refractivity contribution in [1.29, 1.82) is 0 Å². The van der Waals surface area contributed by atoms with Crippen molar-refractivity contribution < 1.29 is 37.4 Å². The molecule has 0 spiro atoms. The van der Waals surface area contributed by atoms with Crippen molar-refractivity contribution in [2.45, 2.75) is 27.7 Å². The molecular formula is C23H25N4O2Y-. The van der Waals surface area contributed by atoms with Gasteiger partial charge in [0.15, 0.2) is 0 Å². The molecule has 0 aliphatic rings. The largest absolute Gasteiger partial charge is 0.658 e. The second kappa shape index (κ2) is 13.6. The van der Waals surface area contributed by atoms with Crippen LogP contribution in [0.5, 0.6) is 11.8 Å². The summed E-state index contributed by atoms with van der Waals surface area (Å²) in [6.07, 6.45) is 3.08. The number of fused-ring (bicyclic) bond motifs is 1. The molecule has 30 heavy (non-hydrogen) atoms. The summed E-state index contributed by atoms with van der Waals surface area (Å²) in [5.74, 6) is 0.531. The molecular weight excluding hydrogens is 453 g/mol. The van der Waals surface area contributed by atoms with Crippen molar-refractivity contribution in [2.24, 2.45) is 0 Å². The number of nitrogens with zero attached hydrogens (tertiary/aromatic N) is 3. The van der Waals surface area contributed by atoms with Crippen LogP contribution in [0.4, 0.5) is 11.4 Å². The van der Waals surface area contributed by atoms with E-state index in [0.29, 0.717) is 16.7 Å². The third kappa shape index (κ3) is 7.04. The van der Waals surface area contributed by atoms with Crippen LogP contribution in [0, 0.1) is 0 Å². The molecule has 1 radical (unpaired) electrons. The quantitative estimate of drug-likeness (QED) is 0.363. The summed E-state index contributed by atoms with van der Waals surface area (Å²) in [4.78, 5) is 22.9. The van der Waals surface area contributed by atoms with Crippen LogP contribution < -0.4 is 10.3 Å². The van der Waals surface area contributed by atoms with E-state index in [9.17, 15) is 4.79 Å². The predicted molar refractivity (Wildman–Crippen MR) is 118 cm³/mol. The molecule has 6 nitrogen and oxygen atoms in total. The number of aromatic amines is 1. The molecule has 0 saturated heterocycles. The van der Waals surface area contributed by atoms with Crippen molar-refractivity contribution in [2.75, 3.05) is 0 Å². The average molecular weight is 478 g/mol. The molecule has 0 aliphatic carbocycles. The molecule has 0 atom stereocenters. The number of rotatable bonds is 4. The Morgan fingerprint density at radius 3 is 2.33 bits per heavy atom. The fraction of sp³-hybridized carbons (Fsp3) is 0.174. The van der Waals surface area contributed by atoms with Gasteiger partial charge in [0.2, 0.25) is 0 Å². The molecule has 4 rings (SSSR count). The first-order valence-electron chi connectivity index (χ1n) is 9.67. The maximum absolute atomic E-state index is 12.1. The van der Waals surface area contributed by atoms with Crippen LogP contribution in [0.25, 0.3) is 16.2 Å². The van der Waals surface area contributed by atoms with Gasteiger partial charge in [0.25, 0.3) is 5.56 Å². The van der Waals surface area contributed by atoms with Gasteiger partial charge in [-0.25, -0.2) is 0 Å². The van der Waals surface area contributed by atoms with Gasteiger partial charge in [-0.2, -0.15) is 4.98 Å². The molecule has 1 N–H and O–H groups in total. The van der Waals surface area contributed by atoms with Crippen LogP contribution in [-0.4, -0.2) is 15.0 Å². The van der Waals surface area contributed by atoms with Crippen molar-refractivity contribution in [1.82, 2.24) is 15.0 Å².